The summed E-state index contributed by atoms with van der Waals surface area (Å²) in [5.74, 6) is 0. The van der Waals surface area contributed by atoms with Crippen LogP contribution in [0.2, 0.25) is 0 Å². The summed E-state index contributed by atoms with van der Waals surface area (Å²) in [4.78, 5) is 12.3. The van der Waals surface area contributed by atoms with Gasteiger partial charge < -0.3 is 9.55 Å². The molecule has 5 aromatic heterocycles. The highest BCUT2D eigenvalue weighted by Crippen LogP contribution is 2.44. The highest BCUT2D eigenvalue weighted by atomic mass is 32.1. The van der Waals surface area contributed by atoms with Crippen LogP contribution in [-0.2, 0) is 0 Å². The lowest BCUT2D eigenvalue weighted by atomic mass is 10.1. The zero-order valence-electron chi connectivity index (χ0n) is 17.4. The molecule has 0 saturated carbocycles. The lowest BCUT2D eigenvalue weighted by Crippen LogP contribution is -1.92. The lowest BCUT2D eigenvalue weighted by Gasteiger charge is -2.07. The standard InChI is InChI=1S/C28H16N4S/c1-2-4-16(5-3-1)32-24-9-11-29-14-21(24)19-12-20-17-6-7-22-27(18-8-10-30-15-23(18)31-22)28(17)33-26(20)13-25(19)32/h1-15,31H. The second-order valence-electron chi connectivity index (χ2n) is 8.44. The van der Waals surface area contributed by atoms with Crippen molar-refractivity contribution in [3.63, 3.8) is 0 Å². The summed E-state index contributed by atoms with van der Waals surface area (Å²) in [6.45, 7) is 0. The molecular weight excluding hydrogens is 424 g/mol. The largest absolute Gasteiger partial charge is 0.353 e. The quantitative estimate of drug-likeness (QED) is 0.286. The van der Waals surface area contributed by atoms with Crippen LogP contribution >= 0.6 is 11.3 Å². The number of rotatable bonds is 1. The number of nitrogens with zero attached hydrogens (tertiary/aromatic N) is 3. The van der Waals surface area contributed by atoms with Crippen molar-refractivity contribution in [1.82, 2.24) is 19.5 Å². The number of thiophene rings is 1. The van der Waals surface area contributed by atoms with Crippen LogP contribution in [0.15, 0.2) is 91.5 Å². The first kappa shape index (κ1) is 17.3. The molecule has 0 fully saturated rings. The van der Waals surface area contributed by atoms with E-state index in [0.717, 1.165) is 16.7 Å². The zero-order chi connectivity index (χ0) is 21.5. The molecule has 0 saturated heterocycles. The van der Waals surface area contributed by atoms with Crippen LogP contribution in [0.25, 0.3) is 69.5 Å². The maximum Gasteiger partial charge on any atom is 0.0651 e. The van der Waals surface area contributed by atoms with Crippen LogP contribution in [0.3, 0.4) is 0 Å². The summed E-state index contributed by atoms with van der Waals surface area (Å²) in [5, 5.41) is 7.52. The molecule has 5 heteroatoms. The molecule has 0 aliphatic rings. The molecule has 0 unspecified atom stereocenters. The molecular formula is C28H16N4S. The van der Waals surface area contributed by atoms with Crippen molar-refractivity contribution in [2.45, 2.75) is 0 Å². The Bertz CT molecular complexity index is 2030. The number of para-hydroxylation sites is 1. The second kappa shape index (κ2) is 6.18. The van der Waals surface area contributed by atoms with Crippen molar-refractivity contribution in [2.75, 3.05) is 0 Å². The van der Waals surface area contributed by atoms with Gasteiger partial charge in [0.25, 0.3) is 0 Å². The molecule has 0 bridgehead atoms. The molecule has 5 heterocycles. The molecule has 0 amide bonds. The fourth-order valence-corrected chi connectivity index (χ4v) is 6.56. The van der Waals surface area contributed by atoms with Crippen molar-refractivity contribution in [3.05, 3.63) is 91.5 Å². The van der Waals surface area contributed by atoms with Gasteiger partial charge in [0.15, 0.2) is 0 Å². The number of nitrogens with one attached hydrogen (secondary N) is 1. The van der Waals surface area contributed by atoms with E-state index >= 15 is 0 Å². The van der Waals surface area contributed by atoms with E-state index in [-0.39, 0.29) is 0 Å². The van der Waals surface area contributed by atoms with Crippen LogP contribution in [0.5, 0.6) is 0 Å². The first-order valence-corrected chi connectivity index (χ1v) is 11.7. The third kappa shape index (κ3) is 2.24. The van der Waals surface area contributed by atoms with Gasteiger partial charge in [0.05, 0.1) is 22.7 Å². The topological polar surface area (TPSA) is 46.5 Å². The van der Waals surface area contributed by atoms with Crippen molar-refractivity contribution in [2.24, 2.45) is 0 Å². The minimum atomic E-state index is 1.08. The van der Waals surface area contributed by atoms with E-state index in [1.165, 1.54) is 52.8 Å². The minimum absolute atomic E-state index is 1.08. The molecule has 154 valence electrons. The van der Waals surface area contributed by atoms with Gasteiger partial charge in [-0.05, 0) is 42.5 Å². The van der Waals surface area contributed by atoms with Gasteiger partial charge in [0.2, 0.25) is 0 Å². The van der Waals surface area contributed by atoms with Crippen molar-refractivity contribution in [3.8, 4) is 5.69 Å². The molecule has 3 aromatic carbocycles. The average molecular weight is 441 g/mol. The SMILES string of the molecule is c1ccc(-n2c3ccncc3c3cc4c(cc32)sc2c4ccc3[nH]c4cnccc4c32)cc1. The first-order chi connectivity index (χ1) is 16.4. The Balaban J connectivity index is 1.56. The summed E-state index contributed by atoms with van der Waals surface area (Å²) in [7, 11) is 0. The molecule has 8 aromatic rings. The monoisotopic (exact) mass is 440 g/mol. The predicted molar refractivity (Wildman–Crippen MR) is 139 cm³/mol. The number of fused-ring (bicyclic) bond motifs is 10. The number of hydrogen-bond acceptors (Lipinski definition) is 3. The summed E-state index contributed by atoms with van der Waals surface area (Å²) >= 11 is 1.87. The molecule has 0 aliphatic heterocycles. The van der Waals surface area contributed by atoms with E-state index in [9.17, 15) is 0 Å². The van der Waals surface area contributed by atoms with Gasteiger partial charge in [-0.25, -0.2) is 0 Å². The number of hydrogen-bond donors (Lipinski definition) is 1. The predicted octanol–water partition coefficient (Wildman–Crippen LogP) is 7.58. The first-order valence-electron chi connectivity index (χ1n) is 10.9. The van der Waals surface area contributed by atoms with Crippen molar-refractivity contribution in [1.29, 1.82) is 0 Å². The normalized spacial score (nSPS) is 12.2. The third-order valence-electron chi connectivity index (χ3n) is 6.70. The van der Waals surface area contributed by atoms with Crippen LogP contribution in [0.4, 0.5) is 0 Å². The summed E-state index contributed by atoms with van der Waals surface area (Å²) < 4.78 is 4.96. The smallest absolute Gasteiger partial charge is 0.0651 e. The van der Waals surface area contributed by atoms with E-state index in [1.807, 2.05) is 36.1 Å². The molecule has 33 heavy (non-hydrogen) atoms. The molecule has 4 nitrogen and oxygen atoms in total. The van der Waals surface area contributed by atoms with Crippen LogP contribution in [0.1, 0.15) is 0 Å². The number of benzene rings is 3. The van der Waals surface area contributed by atoms with Gasteiger partial charge in [0.1, 0.15) is 0 Å². The van der Waals surface area contributed by atoms with Gasteiger partial charge in [-0.2, -0.15) is 0 Å². The maximum absolute atomic E-state index is 4.45. The van der Waals surface area contributed by atoms with Crippen molar-refractivity contribution < 1.29 is 0 Å². The Morgan fingerprint density at radius 1 is 0.667 bits per heavy atom. The van der Waals surface area contributed by atoms with E-state index in [4.69, 9.17) is 0 Å². The number of H-pyrrole nitrogens is 1. The molecule has 0 radical (unpaired) electrons. The van der Waals surface area contributed by atoms with E-state index in [1.54, 1.807) is 0 Å². The molecule has 0 atom stereocenters. The van der Waals surface area contributed by atoms with E-state index in [0.29, 0.717) is 0 Å². The Kier molecular flexibility index (Phi) is 3.25. The summed E-state index contributed by atoms with van der Waals surface area (Å²) in [6, 6.07) is 23.9. The van der Waals surface area contributed by atoms with Gasteiger partial charge in [0, 0.05) is 71.5 Å². The highest BCUT2D eigenvalue weighted by Gasteiger charge is 2.17. The molecule has 0 aliphatic carbocycles. The average Bonchev–Trinajstić information content (AvgIpc) is 3.52. The summed E-state index contributed by atoms with van der Waals surface area (Å²) in [6.07, 6.45) is 7.64. The van der Waals surface area contributed by atoms with Crippen LogP contribution < -0.4 is 0 Å². The molecule has 1 N–H and O–H groups in total. The molecule has 0 spiro atoms. The molecule has 8 rings (SSSR count). The third-order valence-corrected chi connectivity index (χ3v) is 7.89. The highest BCUT2D eigenvalue weighted by molar-refractivity contribution is 7.26. The number of aromatic amines is 1. The van der Waals surface area contributed by atoms with Crippen LogP contribution in [0, 0.1) is 0 Å². The van der Waals surface area contributed by atoms with Crippen molar-refractivity contribution >= 4 is 75.1 Å². The van der Waals surface area contributed by atoms with Gasteiger partial charge in [-0.3, -0.25) is 9.97 Å². The van der Waals surface area contributed by atoms with Gasteiger partial charge in [-0.15, -0.1) is 11.3 Å². The fraction of sp³-hybridized carbons (Fsp3) is 0. The Morgan fingerprint density at radius 2 is 1.55 bits per heavy atom. The van der Waals surface area contributed by atoms with E-state index < -0.39 is 0 Å². The van der Waals surface area contributed by atoms with E-state index in [2.05, 4.69) is 86.2 Å². The van der Waals surface area contributed by atoms with Gasteiger partial charge in [-0.1, -0.05) is 24.3 Å². The Labute approximate surface area is 191 Å². The van der Waals surface area contributed by atoms with Gasteiger partial charge >= 0.3 is 0 Å². The number of pyridine rings is 2. The van der Waals surface area contributed by atoms with Crippen LogP contribution in [-0.4, -0.2) is 19.5 Å². The lowest BCUT2D eigenvalue weighted by molar-refractivity contribution is 1.18. The maximum atomic E-state index is 4.45. The number of aromatic nitrogens is 4. The second-order valence-corrected chi connectivity index (χ2v) is 9.49. The minimum Gasteiger partial charge on any atom is -0.353 e. The summed E-state index contributed by atoms with van der Waals surface area (Å²) in [5.41, 5.74) is 5.79. The Morgan fingerprint density at radius 3 is 2.48 bits per heavy atom. The fourth-order valence-electron chi connectivity index (χ4n) is 5.28. The zero-order valence-corrected chi connectivity index (χ0v) is 18.2. The Hall–Kier alpha value is -4.22.